The lowest BCUT2D eigenvalue weighted by atomic mass is 10.0. The summed E-state index contributed by atoms with van der Waals surface area (Å²) in [6.07, 6.45) is 0. The van der Waals surface area contributed by atoms with Crippen LogP contribution in [0.2, 0.25) is 0 Å². The van der Waals surface area contributed by atoms with Gasteiger partial charge in [-0.05, 0) is 30.3 Å². The van der Waals surface area contributed by atoms with Gasteiger partial charge in [0.2, 0.25) is 10.8 Å². The molecule has 1 saturated heterocycles. The highest BCUT2D eigenvalue weighted by Gasteiger charge is 2.58. The summed E-state index contributed by atoms with van der Waals surface area (Å²) in [5, 5.41) is 2.89. The zero-order valence-corrected chi connectivity index (χ0v) is 13.2. The number of rotatable bonds is 2. The number of nitrogens with one attached hydrogen (secondary N) is 1. The highest BCUT2D eigenvalue weighted by atomic mass is 32.2. The average molecular weight is 326 g/mol. The maximum absolute atomic E-state index is 12.8. The minimum absolute atomic E-state index is 0.0768. The number of amides is 2. The Hall–Kier alpha value is -2.47. The van der Waals surface area contributed by atoms with Crippen molar-refractivity contribution < 1.29 is 14.3 Å². The normalized spacial score (nSPS) is 22.4. The third kappa shape index (κ3) is 1.88. The molecule has 1 fully saturated rings. The molecule has 0 unspecified atom stereocenters. The van der Waals surface area contributed by atoms with Crippen LogP contribution in [0.4, 0.5) is 11.4 Å². The third-order valence-corrected chi connectivity index (χ3v) is 5.54. The number of hydrogen-bond acceptors (Lipinski definition) is 4. The highest BCUT2D eigenvalue weighted by molar-refractivity contribution is 8.02. The molecule has 6 heteroatoms. The summed E-state index contributed by atoms with van der Waals surface area (Å²) in [5.41, 5.74) is 2.28. The van der Waals surface area contributed by atoms with Crippen molar-refractivity contribution in [2.24, 2.45) is 0 Å². The van der Waals surface area contributed by atoms with E-state index in [4.69, 9.17) is 4.74 Å². The fraction of sp³-hybridized carbons (Fsp3) is 0.176. The van der Waals surface area contributed by atoms with Crippen LogP contribution in [-0.2, 0) is 14.5 Å². The van der Waals surface area contributed by atoms with Crippen LogP contribution in [0.5, 0.6) is 5.75 Å². The van der Waals surface area contributed by atoms with Crippen LogP contribution >= 0.6 is 11.8 Å². The van der Waals surface area contributed by atoms with Crippen molar-refractivity contribution in [3.8, 4) is 5.75 Å². The molecule has 0 radical (unpaired) electrons. The number of benzene rings is 2. The van der Waals surface area contributed by atoms with Crippen molar-refractivity contribution in [2.75, 3.05) is 23.1 Å². The molecule has 0 aromatic heterocycles. The van der Waals surface area contributed by atoms with E-state index in [0.717, 1.165) is 11.3 Å². The Balaban J connectivity index is 1.87. The molecule has 2 aromatic carbocycles. The number of carbonyl (C=O) groups is 2. The Bertz CT molecular complexity index is 806. The van der Waals surface area contributed by atoms with E-state index in [2.05, 4.69) is 5.32 Å². The predicted octanol–water partition coefficient (Wildman–Crippen LogP) is 2.58. The van der Waals surface area contributed by atoms with Crippen LogP contribution < -0.4 is 15.0 Å². The van der Waals surface area contributed by atoms with E-state index in [9.17, 15) is 9.59 Å². The van der Waals surface area contributed by atoms with E-state index in [1.807, 2.05) is 24.3 Å². The molecule has 0 bridgehead atoms. The summed E-state index contributed by atoms with van der Waals surface area (Å²) in [5.74, 6) is 0.726. The van der Waals surface area contributed by atoms with E-state index >= 15 is 0 Å². The third-order valence-electron chi connectivity index (χ3n) is 4.15. The lowest BCUT2D eigenvalue weighted by molar-refractivity contribution is -0.122. The molecule has 4 rings (SSSR count). The summed E-state index contributed by atoms with van der Waals surface area (Å²) in [6, 6.07) is 14.7. The van der Waals surface area contributed by atoms with Crippen LogP contribution in [0.25, 0.3) is 0 Å². The maximum atomic E-state index is 12.8. The molecule has 2 aliphatic rings. The molecular formula is C17H14N2O3S. The predicted molar refractivity (Wildman–Crippen MR) is 89.7 cm³/mol. The van der Waals surface area contributed by atoms with Gasteiger partial charge < -0.3 is 10.1 Å². The number of thioether (sulfide) groups is 1. The SMILES string of the molecule is COc1ccc(N2C(=O)CS[C@]23C(=O)Nc2ccccc23)cc1. The number of carbonyl (C=O) groups excluding carboxylic acids is 2. The van der Waals surface area contributed by atoms with E-state index in [1.54, 1.807) is 36.3 Å². The van der Waals surface area contributed by atoms with Gasteiger partial charge in [-0.25, -0.2) is 0 Å². The smallest absolute Gasteiger partial charge is 0.266 e. The van der Waals surface area contributed by atoms with Crippen molar-refractivity contribution in [2.45, 2.75) is 4.87 Å². The summed E-state index contributed by atoms with van der Waals surface area (Å²) < 4.78 is 5.17. The molecule has 1 spiro atoms. The number of hydrogen-bond donors (Lipinski definition) is 1. The second-order valence-corrected chi connectivity index (χ2v) is 6.53. The molecule has 0 aliphatic carbocycles. The van der Waals surface area contributed by atoms with Gasteiger partial charge in [-0.3, -0.25) is 14.5 Å². The quantitative estimate of drug-likeness (QED) is 0.921. The van der Waals surface area contributed by atoms with E-state index in [0.29, 0.717) is 11.4 Å². The Morgan fingerprint density at radius 1 is 1.13 bits per heavy atom. The monoisotopic (exact) mass is 326 g/mol. The van der Waals surface area contributed by atoms with Crippen LogP contribution in [-0.4, -0.2) is 24.7 Å². The number of methoxy groups -OCH3 is 1. The minimum atomic E-state index is -1.03. The number of ether oxygens (including phenoxy) is 1. The second-order valence-electron chi connectivity index (χ2n) is 5.36. The van der Waals surface area contributed by atoms with Crippen LogP contribution in [0.1, 0.15) is 5.56 Å². The van der Waals surface area contributed by atoms with Gasteiger partial charge in [0.05, 0.1) is 12.9 Å². The van der Waals surface area contributed by atoms with E-state index in [-0.39, 0.29) is 17.6 Å². The second kappa shape index (κ2) is 5.03. The lowest BCUT2D eigenvalue weighted by Crippen LogP contribution is -2.47. The van der Waals surface area contributed by atoms with Gasteiger partial charge in [0, 0.05) is 16.9 Å². The van der Waals surface area contributed by atoms with Gasteiger partial charge in [-0.2, -0.15) is 0 Å². The molecule has 2 amide bonds. The van der Waals surface area contributed by atoms with Crippen molar-refractivity contribution in [3.05, 3.63) is 54.1 Å². The van der Waals surface area contributed by atoms with Gasteiger partial charge >= 0.3 is 0 Å². The zero-order chi connectivity index (χ0) is 16.0. The van der Waals surface area contributed by atoms with Crippen LogP contribution in [0.3, 0.4) is 0 Å². The first-order valence-corrected chi connectivity index (χ1v) is 8.17. The Morgan fingerprint density at radius 3 is 2.61 bits per heavy atom. The molecule has 2 aromatic rings. The standard InChI is InChI=1S/C17H14N2O3S/c1-22-12-8-6-11(7-9-12)19-15(20)10-23-17(19)13-4-2-3-5-14(13)18-16(17)21/h2-9H,10H2,1H3,(H,18,21)/t17-/m1/s1. The molecule has 23 heavy (non-hydrogen) atoms. The number of fused-ring (bicyclic) bond motifs is 2. The Labute approximate surface area is 137 Å². The van der Waals surface area contributed by atoms with Crippen molar-refractivity contribution in [3.63, 3.8) is 0 Å². The summed E-state index contributed by atoms with van der Waals surface area (Å²) in [6.45, 7) is 0. The lowest BCUT2D eigenvalue weighted by Gasteiger charge is -2.32. The van der Waals surface area contributed by atoms with Gasteiger partial charge in [-0.1, -0.05) is 18.2 Å². The van der Waals surface area contributed by atoms with Crippen molar-refractivity contribution in [1.82, 2.24) is 0 Å². The Morgan fingerprint density at radius 2 is 1.87 bits per heavy atom. The molecule has 2 aliphatic heterocycles. The molecule has 1 N–H and O–H groups in total. The topological polar surface area (TPSA) is 58.6 Å². The van der Waals surface area contributed by atoms with Crippen LogP contribution in [0.15, 0.2) is 48.5 Å². The van der Waals surface area contributed by atoms with Crippen LogP contribution in [0, 0.1) is 0 Å². The van der Waals surface area contributed by atoms with E-state index < -0.39 is 4.87 Å². The fourth-order valence-electron chi connectivity index (χ4n) is 3.11. The molecule has 116 valence electrons. The van der Waals surface area contributed by atoms with Gasteiger partial charge in [0.1, 0.15) is 5.75 Å². The first-order valence-electron chi connectivity index (χ1n) is 7.19. The Kier molecular flexibility index (Phi) is 3.09. The summed E-state index contributed by atoms with van der Waals surface area (Å²) in [7, 11) is 1.59. The average Bonchev–Trinajstić information content (AvgIpc) is 3.07. The maximum Gasteiger partial charge on any atom is 0.266 e. The van der Waals surface area contributed by atoms with Gasteiger partial charge in [0.25, 0.3) is 5.91 Å². The van der Waals surface area contributed by atoms with Crippen molar-refractivity contribution in [1.29, 1.82) is 0 Å². The summed E-state index contributed by atoms with van der Waals surface area (Å²) >= 11 is 1.36. The molecule has 1 atom stereocenters. The van der Waals surface area contributed by atoms with Crippen molar-refractivity contribution >= 4 is 35.0 Å². The molecule has 0 saturated carbocycles. The first kappa shape index (κ1) is 14.1. The number of para-hydroxylation sites is 1. The van der Waals surface area contributed by atoms with E-state index in [1.165, 1.54) is 11.8 Å². The minimum Gasteiger partial charge on any atom is -0.497 e. The molecular weight excluding hydrogens is 312 g/mol. The number of anilines is 2. The summed E-state index contributed by atoms with van der Waals surface area (Å²) in [4.78, 5) is 25.9. The molecule has 5 nitrogen and oxygen atoms in total. The highest BCUT2D eigenvalue weighted by Crippen LogP contribution is 2.53. The zero-order valence-electron chi connectivity index (χ0n) is 12.4. The fourth-order valence-corrected chi connectivity index (χ4v) is 4.42. The largest absolute Gasteiger partial charge is 0.497 e. The molecule has 2 heterocycles. The number of nitrogens with zero attached hydrogens (tertiary/aromatic N) is 1. The van der Waals surface area contributed by atoms with Gasteiger partial charge in [0.15, 0.2) is 0 Å². The van der Waals surface area contributed by atoms with Gasteiger partial charge in [-0.15, -0.1) is 11.8 Å². The first-order chi connectivity index (χ1) is 11.2.